The predicted octanol–water partition coefficient (Wildman–Crippen LogP) is 7.73. The van der Waals surface area contributed by atoms with Crippen LogP contribution in [0, 0.1) is 13.8 Å². The van der Waals surface area contributed by atoms with Gasteiger partial charge < -0.3 is 0 Å². The van der Waals surface area contributed by atoms with Crippen molar-refractivity contribution in [2.24, 2.45) is 0 Å². The van der Waals surface area contributed by atoms with Crippen LogP contribution in [0.15, 0.2) is 56.8 Å². The Balaban J connectivity index is 2.08. The van der Waals surface area contributed by atoms with Crippen molar-refractivity contribution in [3.05, 3.63) is 78.4 Å². The van der Waals surface area contributed by atoms with E-state index in [1.807, 2.05) is 0 Å². The molecule has 2 aromatic carbocycles. The lowest BCUT2D eigenvalue weighted by molar-refractivity contribution is 1.39. The van der Waals surface area contributed by atoms with Crippen LogP contribution in [0.25, 0.3) is 23.3 Å². The second kappa shape index (κ2) is 7.16. The second-order valence-electron chi connectivity index (χ2n) is 5.53. The van der Waals surface area contributed by atoms with Gasteiger partial charge in [-0.3, -0.25) is 0 Å². The predicted molar refractivity (Wildman–Crippen MR) is 110 cm³/mol. The van der Waals surface area contributed by atoms with Crippen LogP contribution in [-0.2, 0) is 0 Å². The van der Waals surface area contributed by atoms with Crippen LogP contribution in [0.2, 0.25) is 0 Å². The average Bonchev–Trinajstić information content (AvgIpc) is 2.94. The Kier molecular flexibility index (Phi) is 5.20. The van der Waals surface area contributed by atoms with Crippen molar-refractivity contribution in [3.8, 4) is 11.1 Å². The molecule has 3 heteroatoms. The molecule has 116 valence electrons. The Bertz CT molecular complexity index is 875. The van der Waals surface area contributed by atoms with Crippen LogP contribution in [0.5, 0.6) is 0 Å². The first-order valence-electron chi connectivity index (χ1n) is 7.33. The highest BCUT2D eigenvalue weighted by atomic mass is 79.9. The molecule has 0 nitrogen and oxygen atoms in total. The van der Waals surface area contributed by atoms with Crippen LogP contribution in [0.1, 0.15) is 21.6 Å². The molecule has 0 unspecified atom stereocenters. The van der Waals surface area contributed by atoms with E-state index in [0.717, 1.165) is 8.26 Å². The molecule has 0 N–H and O–H groups in total. The molecule has 0 bridgehead atoms. The maximum absolute atomic E-state index is 3.61. The number of hydrogen-bond acceptors (Lipinski definition) is 1. The minimum absolute atomic E-state index is 1.10. The summed E-state index contributed by atoms with van der Waals surface area (Å²) in [6.45, 7) is 4.30. The second-order valence-corrected chi connectivity index (χ2v) is 8.94. The molecule has 0 saturated carbocycles. The number of hydrogen-bond donors (Lipinski definition) is 0. The van der Waals surface area contributed by atoms with Gasteiger partial charge in [-0.2, -0.15) is 0 Å². The van der Waals surface area contributed by atoms with Crippen molar-refractivity contribution in [3.63, 3.8) is 0 Å². The van der Waals surface area contributed by atoms with E-state index in [9.17, 15) is 0 Å². The van der Waals surface area contributed by atoms with Gasteiger partial charge in [-0.25, -0.2) is 0 Å². The Morgan fingerprint density at radius 2 is 1.65 bits per heavy atom. The average molecular weight is 448 g/mol. The topological polar surface area (TPSA) is 0 Å². The summed E-state index contributed by atoms with van der Waals surface area (Å²) >= 11 is 8.86. The molecule has 0 amide bonds. The molecular formula is C20H16Br2S. The first kappa shape index (κ1) is 16.7. The van der Waals surface area contributed by atoms with E-state index in [4.69, 9.17) is 0 Å². The zero-order chi connectivity index (χ0) is 16.4. The van der Waals surface area contributed by atoms with Gasteiger partial charge in [0.05, 0.1) is 3.79 Å². The maximum atomic E-state index is 3.61. The van der Waals surface area contributed by atoms with E-state index in [1.165, 1.54) is 32.7 Å². The summed E-state index contributed by atoms with van der Waals surface area (Å²) in [6, 6.07) is 17.3. The van der Waals surface area contributed by atoms with E-state index in [1.54, 1.807) is 11.3 Å². The first-order chi connectivity index (χ1) is 11.0. The Hall–Kier alpha value is -1.16. The van der Waals surface area contributed by atoms with Gasteiger partial charge in [0.1, 0.15) is 0 Å². The van der Waals surface area contributed by atoms with Crippen LogP contribution < -0.4 is 0 Å². The van der Waals surface area contributed by atoms with Crippen molar-refractivity contribution >= 4 is 55.3 Å². The molecule has 3 aromatic rings. The largest absolute Gasteiger partial charge is 0.129 e. The SMILES string of the molecule is Cc1ccc(C)c(-c2cc(Br)ccc2/C=C/c2ccc(Br)s2)c1. The molecule has 0 saturated heterocycles. The van der Waals surface area contributed by atoms with Crippen molar-refractivity contribution in [2.45, 2.75) is 13.8 Å². The number of aryl methyl sites for hydroxylation is 2. The van der Waals surface area contributed by atoms with Crippen molar-refractivity contribution in [1.82, 2.24) is 0 Å². The minimum atomic E-state index is 1.10. The minimum Gasteiger partial charge on any atom is -0.129 e. The third-order valence-electron chi connectivity index (χ3n) is 3.72. The number of benzene rings is 2. The van der Waals surface area contributed by atoms with E-state index < -0.39 is 0 Å². The number of rotatable bonds is 3. The maximum Gasteiger partial charge on any atom is 0.0704 e. The van der Waals surface area contributed by atoms with Gasteiger partial charge in [0, 0.05) is 9.35 Å². The molecule has 0 radical (unpaired) electrons. The summed E-state index contributed by atoms with van der Waals surface area (Å²) in [5.74, 6) is 0. The van der Waals surface area contributed by atoms with Gasteiger partial charge in [0.2, 0.25) is 0 Å². The summed E-state index contributed by atoms with van der Waals surface area (Å²) in [4.78, 5) is 1.24. The van der Waals surface area contributed by atoms with E-state index >= 15 is 0 Å². The van der Waals surface area contributed by atoms with Crippen molar-refractivity contribution < 1.29 is 0 Å². The Morgan fingerprint density at radius 3 is 2.39 bits per heavy atom. The summed E-state index contributed by atoms with van der Waals surface area (Å²) < 4.78 is 2.26. The lowest BCUT2D eigenvalue weighted by Gasteiger charge is -2.11. The summed E-state index contributed by atoms with van der Waals surface area (Å²) in [5, 5.41) is 0. The van der Waals surface area contributed by atoms with Crippen molar-refractivity contribution in [1.29, 1.82) is 0 Å². The van der Waals surface area contributed by atoms with E-state index in [0.29, 0.717) is 0 Å². The standard InChI is InChI=1S/C20H16Br2S/c1-13-3-4-14(2)18(11-13)19-12-16(21)7-5-15(19)6-8-17-9-10-20(22)23-17/h3-12H,1-2H3/b8-6+. The third kappa shape index (κ3) is 4.03. The molecule has 23 heavy (non-hydrogen) atoms. The quantitative estimate of drug-likeness (QED) is 0.385. The summed E-state index contributed by atoms with van der Waals surface area (Å²) in [5.41, 5.74) is 6.35. The zero-order valence-corrected chi connectivity index (χ0v) is 16.9. The number of halogens is 2. The van der Waals surface area contributed by atoms with Gasteiger partial charge in [-0.15, -0.1) is 11.3 Å². The normalized spacial score (nSPS) is 11.3. The van der Waals surface area contributed by atoms with Gasteiger partial charge in [-0.1, -0.05) is 51.8 Å². The highest BCUT2D eigenvalue weighted by molar-refractivity contribution is 9.11. The van der Waals surface area contributed by atoms with Crippen molar-refractivity contribution in [2.75, 3.05) is 0 Å². The lowest BCUT2D eigenvalue weighted by Crippen LogP contribution is -1.88. The monoisotopic (exact) mass is 446 g/mol. The molecular weight excluding hydrogens is 432 g/mol. The van der Waals surface area contributed by atoms with Crippen LogP contribution >= 0.6 is 43.2 Å². The summed E-state index contributed by atoms with van der Waals surface area (Å²) in [7, 11) is 0. The Labute approximate surface area is 158 Å². The highest BCUT2D eigenvalue weighted by Gasteiger charge is 2.07. The molecule has 0 aliphatic heterocycles. The van der Waals surface area contributed by atoms with Gasteiger partial charge in [-0.05, 0) is 82.4 Å². The van der Waals surface area contributed by atoms with Crippen LogP contribution in [0.4, 0.5) is 0 Å². The van der Waals surface area contributed by atoms with Crippen LogP contribution in [0.3, 0.4) is 0 Å². The lowest BCUT2D eigenvalue weighted by atomic mass is 9.94. The van der Waals surface area contributed by atoms with Gasteiger partial charge in [0.25, 0.3) is 0 Å². The molecule has 0 fully saturated rings. The summed E-state index contributed by atoms with van der Waals surface area (Å²) in [6.07, 6.45) is 4.37. The van der Waals surface area contributed by atoms with Crippen LogP contribution in [-0.4, -0.2) is 0 Å². The van der Waals surface area contributed by atoms with E-state index in [2.05, 4.69) is 106 Å². The number of thiophene rings is 1. The fraction of sp³-hybridized carbons (Fsp3) is 0.100. The molecule has 0 atom stereocenters. The molecule has 3 rings (SSSR count). The van der Waals surface area contributed by atoms with Gasteiger partial charge in [0.15, 0.2) is 0 Å². The smallest absolute Gasteiger partial charge is 0.0704 e. The molecule has 1 aromatic heterocycles. The molecule has 1 heterocycles. The van der Waals surface area contributed by atoms with Gasteiger partial charge >= 0.3 is 0 Å². The molecule has 0 spiro atoms. The first-order valence-corrected chi connectivity index (χ1v) is 9.74. The highest BCUT2D eigenvalue weighted by Crippen LogP contribution is 2.32. The fourth-order valence-corrected chi connectivity index (χ4v) is 4.21. The Morgan fingerprint density at radius 1 is 0.826 bits per heavy atom. The zero-order valence-electron chi connectivity index (χ0n) is 12.9. The fourth-order valence-electron chi connectivity index (χ4n) is 2.52. The molecule has 0 aliphatic carbocycles. The molecule has 0 aliphatic rings. The van der Waals surface area contributed by atoms with E-state index in [-0.39, 0.29) is 0 Å². The third-order valence-corrected chi connectivity index (χ3v) is 5.80.